The molecule has 0 bridgehead atoms. The van der Waals surface area contributed by atoms with Crippen LogP contribution < -0.4 is 10.1 Å². The third kappa shape index (κ3) is 4.55. The van der Waals surface area contributed by atoms with Gasteiger partial charge in [0.05, 0.1) is 0 Å². The minimum atomic E-state index is -1.08. The second kappa shape index (κ2) is 5.89. The van der Waals surface area contributed by atoms with E-state index in [-0.39, 0.29) is 6.61 Å². The van der Waals surface area contributed by atoms with Crippen molar-refractivity contribution in [3.63, 3.8) is 0 Å². The highest BCUT2D eigenvalue weighted by molar-refractivity contribution is 5.84. The predicted octanol–water partition coefficient (Wildman–Crippen LogP) is 0.963. The van der Waals surface area contributed by atoms with Crippen LogP contribution in [0.1, 0.15) is 12.5 Å². The Bertz CT molecular complexity index is 399. The Morgan fingerprint density at radius 1 is 1.35 bits per heavy atom. The van der Waals surface area contributed by atoms with E-state index in [0.717, 1.165) is 5.56 Å². The van der Waals surface area contributed by atoms with Crippen LogP contribution in [-0.4, -0.2) is 29.6 Å². The van der Waals surface area contributed by atoms with Gasteiger partial charge in [-0.3, -0.25) is 9.59 Å². The molecule has 2 N–H and O–H groups in total. The minimum Gasteiger partial charge on any atom is -0.484 e. The first-order chi connectivity index (χ1) is 7.99. The zero-order chi connectivity index (χ0) is 12.8. The van der Waals surface area contributed by atoms with E-state index in [2.05, 4.69) is 5.32 Å². The van der Waals surface area contributed by atoms with Crippen LogP contribution in [0, 0.1) is 6.92 Å². The molecule has 0 radical (unpaired) electrons. The van der Waals surface area contributed by atoms with Crippen molar-refractivity contribution in [1.29, 1.82) is 0 Å². The van der Waals surface area contributed by atoms with Gasteiger partial charge in [-0.05, 0) is 26.0 Å². The average Bonchev–Trinajstić information content (AvgIpc) is 2.28. The molecule has 0 spiro atoms. The number of carbonyl (C=O) groups excluding carboxylic acids is 1. The highest BCUT2D eigenvalue weighted by Crippen LogP contribution is 2.10. The molecule has 0 fully saturated rings. The van der Waals surface area contributed by atoms with Crippen LogP contribution in [0.5, 0.6) is 5.75 Å². The number of hydrogen-bond donors (Lipinski definition) is 2. The predicted molar refractivity (Wildman–Crippen MR) is 61.9 cm³/mol. The zero-order valence-electron chi connectivity index (χ0n) is 9.77. The number of benzene rings is 1. The third-order valence-corrected chi connectivity index (χ3v) is 2.14. The van der Waals surface area contributed by atoms with E-state index >= 15 is 0 Å². The number of rotatable bonds is 5. The zero-order valence-corrected chi connectivity index (χ0v) is 9.77. The number of carbonyl (C=O) groups is 2. The maximum Gasteiger partial charge on any atom is 0.325 e. The third-order valence-electron chi connectivity index (χ3n) is 2.14. The molecule has 0 aliphatic rings. The molecule has 1 aromatic carbocycles. The van der Waals surface area contributed by atoms with Gasteiger partial charge in [-0.25, -0.2) is 0 Å². The van der Waals surface area contributed by atoms with Crippen molar-refractivity contribution < 1.29 is 19.4 Å². The quantitative estimate of drug-likeness (QED) is 0.799. The fourth-order valence-corrected chi connectivity index (χ4v) is 1.13. The van der Waals surface area contributed by atoms with E-state index in [1.807, 2.05) is 19.1 Å². The largest absolute Gasteiger partial charge is 0.484 e. The summed E-state index contributed by atoms with van der Waals surface area (Å²) in [6, 6.07) is 6.33. The van der Waals surface area contributed by atoms with Crippen LogP contribution in [-0.2, 0) is 9.59 Å². The molecule has 5 heteroatoms. The van der Waals surface area contributed by atoms with E-state index in [1.165, 1.54) is 6.92 Å². The number of amides is 1. The van der Waals surface area contributed by atoms with Gasteiger partial charge < -0.3 is 15.2 Å². The van der Waals surface area contributed by atoms with Crippen molar-refractivity contribution in [2.75, 3.05) is 6.61 Å². The summed E-state index contributed by atoms with van der Waals surface area (Å²) in [4.78, 5) is 21.8. The summed E-state index contributed by atoms with van der Waals surface area (Å²) < 4.78 is 5.20. The lowest BCUT2D eigenvalue weighted by atomic mass is 10.2. The normalized spacial score (nSPS) is 11.6. The van der Waals surface area contributed by atoms with Crippen LogP contribution in [0.15, 0.2) is 24.3 Å². The Balaban J connectivity index is 2.38. The number of hydrogen-bond acceptors (Lipinski definition) is 3. The first kappa shape index (κ1) is 13.0. The Labute approximate surface area is 99.4 Å². The molecule has 1 unspecified atom stereocenters. The number of nitrogens with one attached hydrogen (secondary N) is 1. The van der Waals surface area contributed by atoms with Gasteiger partial charge in [0.25, 0.3) is 5.91 Å². The summed E-state index contributed by atoms with van der Waals surface area (Å²) in [6.07, 6.45) is 0. The molecule has 92 valence electrons. The second-order valence-electron chi connectivity index (χ2n) is 3.73. The summed E-state index contributed by atoms with van der Waals surface area (Å²) in [6.45, 7) is 3.15. The molecule has 0 aliphatic heterocycles. The van der Waals surface area contributed by atoms with Gasteiger partial charge in [0.15, 0.2) is 6.61 Å². The number of aliphatic carboxylic acids is 1. The molecular weight excluding hydrogens is 222 g/mol. The van der Waals surface area contributed by atoms with Crippen molar-refractivity contribution in [3.05, 3.63) is 29.8 Å². The topological polar surface area (TPSA) is 75.6 Å². The van der Waals surface area contributed by atoms with Gasteiger partial charge in [0.2, 0.25) is 0 Å². The van der Waals surface area contributed by atoms with E-state index in [1.54, 1.807) is 12.1 Å². The maximum absolute atomic E-state index is 11.3. The fraction of sp³-hybridized carbons (Fsp3) is 0.333. The Kier molecular flexibility index (Phi) is 4.51. The summed E-state index contributed by atoms with van der Waals surface area (Å²) in [5.74, 6) is -0.956. The Hall–Kier alpha value is -2.04. The molecule has 0 aliphatic carbocycles. The van der Waals surface area contributed by atoms with Gasteiger partial charge in [0.1, 0.15) is 11.8 Å². The van der Waals surface area contributed by atoms with Crippen LogP contribution >= 0.6 is 0 Å². The van der Waals surface area contributed by atoms with Crippen LogP contribution in [0.25, 0.3) is 0 Å². The number of aryl methyl sites for hydroxylation is 1. The lowest BCUT2D eigenvalue weighted by Gasteiger charge is -2.10. The van der Waals surface area contributed by atoms with Crippen molar-refractivity contribution in [3.8, 4) is 5.75 Å². The summed E-state index contributed by atoms with van der Waals surface area (Å²) in [7, 11) is 0. The minimum absolute atomic E-state index is 0.194. The molecule has 1 aromatic rings. The van der Waals surface area contributed by atoms with E-state index in [0.29, 0.717) is 5.75 Å². The molecule has 1 amide bonds. The standard InChI is InChI=1S/C12H15NO4/c1-8-3-5-10(6-4-8)17-7-11(14)13-9(2)12(15)16/h3-6,9H,7H2,1-2H3,(H,13,14)(H,15,16). The first-order valence-corrected chi connectivity index (χ1v) is 5.20. The average molecular weight is 237 g/mol. The lowest BCUT2D eigenvalue weighted by Crippen LogP contribution is -2.40. The lowest BCUT2D eigenvalue weighted by molar-refractivity contribution is -0.141. The molecule has 0 saturated heterocycles. The highest BCUT2D eigenvalue weighted by atomic mass is 16.5. The monoisotopic (exact) mass is 237 g/mol. The molecule has 1 rings (SSSR count). The molecule has 0 heterocycles. The van der Waals surface area contributed by atoms with E-state index in [4.69, 9.17) is 9.84 Å². The molecule has 5 nitrogen and oxygen atoms in total. The molecule has 0 saturated carbocycles. The number of carboxylic acid groups (broad SMARTS) is 1. The van der Waals surface area contributed by atoms with Crippen LogP contribution in [0.3, 0.4) is 0 Å². The maximum atomic E-state index is 11.3. The van der Waals surface area contributed by atoms with Gasteiger partial charge in [0, 0.05) is 0 Å². The molecule has 17 heavy (non-hydrogen) atoms. The molecular formula is C12H15NO4. The van der Waals surface area contributed by atoms with Crippen molar-refractivity contribution in [1.82, 2.24) is 5.32 Å². The van der Waals surface area contributed by atoms with Crippen LogP contribution in [0.4, 0.5) is 0 Å². The fourth-order valence-electron chi connectivity index (χ4n) is 1.13. The highest BCUT2D eigenvalue weighted by Gasteiger charge is 2.13. The van der Waals surface area contributed by atoms with Gasteiger partial charge in [-0.2, -0.15) is 0 Å². The molecule has 1 atom stereocenters. The smallest absolute Gasteiger partial charge is 0.325 e. The van der Waals surface area contributed by atoms with Crippen LogP contribution in [0.2, 0.25) is 0 Å². The van der Waals surface area contributed by atoms with Gasteiger partial charge in [-0.15, -0.1) is 0 Å². The van der Waals surface area contributed by atoms with Crippen molar-refractivity contribution >= 4 is 11.9 Å². The Morgan fingerprint density at radius 3 is 2.47 bits per heavy atom. The van der Waals surface area contributed by atoms with Crippen molar-refractivity contribution in [2.24, 2.45) is 0 Å². The van der Waals surface area contributed by atoms with Crippen molar-refractivity contribution in [2.45, 2.75) is 19.9 Å². The number of carboxylic acids is 1. The van der Waals surface area contributed by atoms with Gasteiger partial charge >= 0.3 is 5.97 Å². The number of ether oxygens (including phenoxy) is 1. The van der Waals surface area contributed by atoms with Gasteiger partial charge in [-0.1, -0.05) is 17.7 Å². The Morgan fingerprint density at radius 2 is 1.94 bits per heavy atom. The SMILES string of the molecule is Cc1ccc(OCC(=O)NC(C)C(=O)O)cc1. The summed E-state index contributed by atoms with van der Waals surface area (Å²) >= 11 is 0. The first-order valence-electron chi connectivity index (χ1n) is 5.20. The van der Waals surface area contributed by atoms with E-state index < -0.39 is 17.9 Å². The molecule has 0 aromatic heterocycles. The van der Waals surface area contributed by atoms with E-state index in [9.17, 15) is 9.59 Å². The summed E-state index contributed by atoms with van der Waals surface area (Å²) in [5.41, 5.74) is 1.10. The second-order valence-corrected chi connectivity index (χ2v) is 3.73. The summed E-state index contributed by atoms with van der Waals surface area (Å²) in [5, 5.41) is 10.9.